The van der Waals surface area contributed by atoms with Crippen molar-refractivity contribution in [3.05, 3.63) is 157 Å². The van der Waals surface area contributed by atoms with Crippen LogP contribution in [-0.2, 0) is 17.3 Å². The average Bonchev–Trinajstić information content (AvgIpc) is 3.59. The quantitative estimate of drug-likeness (QED) is 0.187. The molecule has 0 bridgehead atoms. The molecule has 0 fully saturated rings. The number of aryl methyl sites for hydroxylation is 1. The van der Waals surface area contributed by atoms with E-state index in [0.717, 1.165) is 27.6 Å². The molecule has 218 valence electrons. The fourth-order valence-electron chi connectivity index (χ4n) is 7.22. The van der Waals surface area contributed by atoms with Crippen molar-refractivity contribution in [1.29, 1.82) is 0 Å². The average molecular weight is 604 g/mol. The minimum Gasteiger partial charge on any atom is -0.0843 e. The van der Waals surface area contributed by atoms with Crippen molar-refractivity contribution in [3.8, 4) is 11.1 Å². The van der Waals surface area contributed by atoms with E-state index >= 15 is 0 Å². The van der Waals surface area contributed by atoms with Crippen molar-refractivity contribution in [2.45, 2.75) is 71.6 Å². The molecule has 0 aromatic heterocycles. The topological polar surface area (TPSA) is 0 Å². The Morgan fingerprint density at radius 2 is 1.26 bits per heavy atom. The molecule has 0 nitrogen and oxygen atoms in total. The van der Waals surface area contributed by atoms with E-state index in [9.17, 15) is 0 Å². The Kier molecular flexibility index (Phi) is 7.60. The molecule has 0 saturated heterocycles. The monoisotopic (exact) mass is 602 g/mol. The van der Waals surface area contributed by atoms with Crippen LogP contribution in [0.4, 0.5) is 0 Å². The van der Waals surface area contributed by atoms with Gasteiger partial charge in [-0.05, 0) is 123 Å². The minimum atomic E-state index is -0.242. The third-order valence-electron chi connectivity index (χ3n) is 9.25. The molecule has 2 aliphatic rings. The summed E-state index contributed by atoms with van der Waals surface area (Å²) >= 11 is 12.6. The van der Waals surface area contributed by atoms with Gasteiger partial charge in [0, 0.05) is 21.4 Å². The van der Waals surface area contributed by atoms with E-state index in [0.29, 0.717) is 5.92 Å². The van der Waals surface area contributed by atoms with E-state index in [4.69, 9.17) is 23.2 Å². The Balaban J connectivity index is 1.53. The molecule has 0 N–H and O–H groups in total. The molecule has 0 aliphatic heterocycles. The second kappa shape index (κ2) is 11.0. The second-order valence-electron chi connectivity index (χ2n) is 13.8. The highest BCUT2D eigenvalue weighted by molar-refractivity contribution is 6.31. The van der Waals surface area contributed by atoms with Crippen molar-refractivity contribution < 1.29 is 0 Å². The maximum Gasteiger partial charge on any atom is 0.0406 e. The van der Waals surface area contributed by atoms with Crippen LogP contribution in [0.1, 0.15) is 90.6 Å². The smallest absolute Gasteiger partial charge is 0.0406 e. The summed E-state index contributed by atoms with van der Waals surface area (Å²) in [6, 6.07) is 23.7. The standard InChI is InChI=1S/C41H40Cl2/c1-25-20-30-21-35-34(23-38(40(3,4)5)26(2)39(35)29-10-8-9-11-29)33(30)22-37(25)41(6,7)24-36(27-12-16-31(42)17-13-27)28-14-18-32(43)19-15-28/h8-20,22-24,29H,21H2,1-7H3. The minimum absolute atomic E-state index is 0.0598. The maximum atomic E-state index is 6.29. The van der Waals surface area contributed by atoms with Gasteiger partial charge in [0.2, 0.25) is 0 Å². The largest absolute Gasteiger partial charge is 0.0843 e. The first-order chi connectivity index (χ1) is 20.3. The predicted molar refractivity (Wildman–Crippen MR) is 187 cm³/mol. The molecule has 43 heavy (non-hydrogen) atoms. The van der Waals surface area contributed by atoms with Crippen molar-refractivity contribution in [3.63, 3.8) is 0 Å². The molecule has 0 saturated carbocycles. The molecule has 0 heterocycles. The third kappa shape index (κ3) is 5.57. The Morgan fingerprint density at radius 3 is 1.79 bits per heavy atom. The predicted octanol–water partition coefficient (Wildman–Crippen LogP) is 12.1. The summed E-state index contributed by atoms with van der Waals surface area (Å²) in [5.41, 5.74) is 16.0. The number of rotatable bonds is 5. The summed E-state index contributed by atoms with van der Waals surface area (Å²) in [4.78, 5) is 0. The maximum absolute atomic E-state index is 6.29. The van der Waals surface area contributed by atoms with Crippen LogP contribution in [0.3, 0.4) is 0 Å². The van der Waals surface area contributed by atoms with Gasteiger partial charge in [-0.3, -0.25) is 0 Å². The molecule has 0 amide bonds. The fraction of sp³-hybridized carbons (Fsp3) is 0.268. The van der Waals surface area contributed by atoms with E-state index in [-0.39, 0.29) is 10.8 Å². The van der Waals surface area contributed by atoms with Gasteiger partial charge in [0.1, 0.15) is 0 Å². The van der Waals surface area contributed by atoms with Gasteiger partial charge in [0.05, 0.1) is 0 Å². The number of benzene rings is 4. The molecule has 6 rings (SSSR count). The van der Waals surface area contributed by atoms with E-state index < -0.39 is 0 Å². The summed E-state index contributed by atoms with van der Waals surface area (Å²) < 4.78 is 0. The van der Waals surface area contributed by atoms with Gasteiger partial charge in [0.25, 0.3) is 0 Å². The van der Waals surface area contributed by atoms with Gasteiger partial charge in [-0.2, -0.15) is 0 Å². The third-order valence-corrected chi connectivity index (χ3v) is 9.76. The summed E-state index contributed by atoms with van der Waals surface area (Å²) in [7, 11) is 0. The SMILES string of the molecule is Cc1cc2c(cc1C(C)(C)C=C(c1ccc(Cl)cc1)c1ccc(Cl)cc1)-c1cc(C(C)(C)C)c(C)c(C3C=CC=C3)c1C2. The lowest BCUT2D eigenvalue weighted by molar-refractivity contribution is 0.584. The molecule has 2 heteroatoms. The lowest BCUT2D eigenvalue weighted by atomic mass is 9.76. The van der Waals surface area contributed by atoms with Gasteiger partial charge >= 0.3 is 0 Å². The molecule has 4 aromatic rings. The Bertz CT molecular complexity index is 1740. The van der Waals surface area contributed by atoms with Crippen LogP contribution in [0.25, 0.3) is 16.7 Å². The molecule has 4 aromatic carbocycles. The zero-order chi connectivity index (χ0) is 30.7. The lowest BCUT2D eigenvalue weighted by Crippen LogP contribution is -2.17. The van der Waals surface area contributed by atoms with Crippen LogP contribution in [0.2, 0.25) is 10.0 Å². The highest BCUT2D eigenvalue weighted by atomic mass is 35.5. The first-order valence-electron chi connectivity index (χ1n) is 15.2. The summed E-state index contributed by atoms with van der Waals surface area (Å²) in [6.45, 7) is 16.3. The Hall–Kier alpha value is -3.32. The van der Waals surface area contributed by atoms with Gasteiger partial charge < -0.3 is 0 Å². The van der Waals surface area contributed by atoms with Crippen molar-refractivity contribution in [2.24, 2.45) is 0 Å². The van der Waals surface area contributed by atoms with E-state index in [1.54, 1.807) is 0 Å². The van der Waals surface area contributed by atoms with Crippen LogP contribution in [-0.4, -0.2) is 0 Å². The number of hydrogen-bond acceptors (Lipinski definition) is 0. The van der Waals surface area contributed by atoms with Crippen LogP contribution in [0, 0.1) is 13.8 Å². The van der Waals surface area contributed by atoms with Crippen LogP contribution < -0.4 is 0 Å². The first-order valence-corrected chi connectivity index (χ1v) is 16.0. The molecule has 0 radical (unpaired) electrons. The summed E-state index contributed by atoms with van der Waals surface area (Å²) in [5.74, 6) is 0.339. The summed E-state index contributed by atoms with van der Waals surface area (Å²) in [5, 5.41) is 1.47. The van der Waals surface area contributed by atoms with Crippen LogP contribution in [0.15, 0.2) is 97.1 Å². The molecule has 0 atom stereocenters. The highest BCUT2D eigenvalue weighted by Crippen LogP contribution is 2.48. The molecule has 2 aliphatic carbocycles. The Labute approximate surface area is 267 Å². The van der Waals surface area contributed by atoms with E-state index in [1.807, 2.05) is 24.3 Å². The summed E-state index contributed by atoms with van der Waals surface area (Å²) in [6.07, 6.45) is 12.5. The highest BCUT2D eigenvalue weighted by Gasteiger charge is 2.32. The first kappa shape index (κ1) is 29.7. The van der Waals surface area contributed by atoms with Crippen molar-refractivity contribution in [1.82, 2.24) is 0 Å². The van der Waals surface area contributed by atoms with E-state index in [1.165, 1.54) is 55.6 Å². The number of fused-ring (bicyclic) bond motifs is 3. The molecule has 0 spiro atoms. The fourth-order valence-corrected chi connectivity index (χ4v) is 7.47. The number of hydrogen-bond donors (Lipinski definition) is 0. The van der Waals surface area contributed by atoms with Crippen LogP contribution in [0.5, 0.6) is 0 Å². The van der Waals surface area contributed by atoms with Crippen molar-refractivity contribution >= 4 is 28.8 Å². The van der Waals surface area contributed by atoms with Gasteiger partial charge in [-0.1, -0.05) is 125 Å². The molecular formula is C41H40Cl2. The van der Waals surface area contributed by atoms with Crippen molar-refractivity contribution in [2.75, 3.05) is 0 Å². The van der Waals surface area contributed by atoms with Gasteiger partial charge in [-0.15, -0.1) is 0 Å². The lowest BCUT2D eigenvalue weighted by Gasteiger charge is -2.28. The van der Waals surface area contributed by atoms with Gasteiger partial charge in [0.15, 0.2) is 0 Å². The van der Waals surface area contributed by atoms with Gasteiger partial charge in [-0.25, -0.2) is 0 Å². The zero-order valence-corrected chi connectivity index (χ0v) is 27.8. The van der Waals surface area contributed by atoms with E-state index in [2.05, 4.69) is 121 Å². The van der Waals surface area contributed by atoms with Crippen LogP contribution >= 0.6 is 23.2 Å². The molecule has 0 unspecified atom stereocenters. The zero-order valence-electron chi connectivity index (χ0n) is 26.3. The number of allylic oxidation sites excluding steroid dienone is 5. The number of halogens is 2. The molecular weight excluding hydrogens is 563 g/mol. The Morgan fingerprint density at radius 1 is 0.721 bits per heavy atom. The normalized spacial score (nSPS) is 14.3. The second-order valence-corrected chi connectivity index (χ2v) is 14.7.